The largest absolute Gasteiger partial charge is 0.464 e. The molecule has 1 aromatic carbocycles. The Balaban J connectivity index is 2.42. The van der Waals surface area contributed by atoms with Crippen molar-refractivity contribution in [2.24, 2.45) is 0 Å². The molecule has 94 valence electrons. The second-order valence-corrected chi connectivity index (χ2v) is 3.77. The predicted molar refractivity (Wildman–Crippen MR) is 65.5 cm³/mol. The van der Waals surface area contributed by atoms with Crippen molar-refractivity contribution in [3.63, 3.8) is 0 Å². The Morgan fingerprint density at radius 2 is 2.06 bits per heavy atom. The van der Waals surface area contributed by atoms with Gasteiger partial charge in [-0.2, -0.15) is 0 Å². The molecule has 0 aliphatic carbocycles. The van der Waals surface area contributed by atoms with Gasteiger partial charge < -0.3 is 9.72 Å². The zero-order valence-corrected chi connectivity index (χ0v) is 9.80. The van der Waals surface area contributed by atoms with E-state index < -0.39 is 11.7 Å². The maximum atomic E-state index is 12.0. The molecule has 0 saturated heterocycles. The summed E-state index contributed by atoms with van der Waals surface area (Å²) in [6.45, 7) is 1.31. The Hall–Kier alpha value is -2.37. The number of aromatic nitrogens is 2. The summed E-state index contributed by atoms with van der Waals surface area (Å²) in [7, 11) is 0. The average molecular weight is 248 g/mol. The summed E-state index contributed by atoms with van der Waals surface area (Å²) in [5, 5.41) is 0.430. The Kier molecular flexibility index (Phi) is 3.27. The topological polar surface area (TPSA) is 81.2 Å². The number of carbonyl (C=O) groups excluding carboxylic acids is 1. The summed E-state index contributed by atoms with van der Waals surface area (Å²) >= 11 is 0. The molecule has 6 nitrogen and oxygen atoms in total. The van der Waals surface area contributed by atoms with Crippen LogP contribution in [0.15, 0.2) is 33.9 Å². The molecule has 18 heavy (non-hydrogen) atoms. The number of hydrogen-bond donors (Lipinski definition) is 1. The highest BCUT2D eigenvalue weighted by Gasteiger charge is 2.06. The summed E-state index contributed by atoms with van der Waals surface area (Å²) in [4.78, 5) is 36.9. The Bertz CT molecular complexity index is 699. The third-order valence-corrected chi connectivity index (χ3v) is 2.51. The van der Waals surface area contributed by atoms with E-state index in [4.69, 9.17) is 4.74 Å². The van der Waals surface area contributed by atoms with Crippen LogP contribution in [0.3, 0.4) is 0 Å². The molecule has 1 N–H and O–H groups in total. The third-order valence-electron chi connectivity index (χ3n) is 2.51. The van der Waals surface area contributed by atoms with E-state index in [1.54, 1.807) is 24.3 Å². The van der Waals surface area contributed by atoms with Gasteiger partial charge in [-0.25, -0.2) is 4.79 Å². The average Bonchev–Trinajstić information content (AvgIpc) is 2.33. The minimum absolute atomic E-state index is 0.00331. The molecule has 0 saturated carbocycles. The zero-order chi connectivity index (χ0) is 13.1. The Morgan fingerprint density at radius 3 is 2.78 bits per heavy atom. The lowest BCUT2D eigenvalue weighted by atomic mass is 10.2. The smallest absolute Gasteiger partial charge is 0.328 e. The lowest BCUT2D eigenvalue weighted by molar-refractivity contribution is -0.141. The zero-order valence-electron chi connectivity index (χ0n) is 9.80. The van der Waals surface area contributed by atoms with Crippen molar-refractivity contribution < 1.29 is 9.53 Å². The number of ether oxygens (including phenoxy) is 1. The molecule has 1 aromatic heterocycles. The van der Waals surface area contributed by atoms with Gasteiger partial charge in [0.15, 0.2) is 0 Å². The number of para-hydroxylation sites is 1. The number of carbonyl (C=O) groups is 1. The van der Waals surface area contributed by atoms with Crippen molar-refractivity contribution in [1.82, 2.24) is 9.55 Å². The monoisotopic (exact) mass is 248 g/mol. The number of esters is 1. The highest BCUT2D eigenvalue weighted by molar-refractivity contribution is 5.76. The summed E-state index contributed by atoms with van der Waals surface area (Å²) in [5.74, 6) is -0.444. The van der Waals surface area contributed by atoms with Crippen LogP contribution in [0.25, 0.3) is 10.9 Å². The Labute approximate surface area is 102 Å². The molecule has 0 spiro atoms. The van der Waals surface area contributed by atoms with Crippen molar-refractivity contribution in [3.05, 3.63) is 45.1 Å². The van der Waals surface area contributed by atoms with Crippen LogP contribution in [0, 0.1) is 0 Å². The first-order valence-corrected chi connectivity index (χ1v) is 5.45. The SMILES string of the molecule is CC(=O)OCCn1c(=O)[nH]c2ccccc2c1=O. The van der Waals surface area contributed by atoms with Crippen LogP contribution in [0.5, 0.6) is 0 Å². The van der Waals surface area contributed by atoms with Gasteiger partial charge in [-0.1, -0.05) is 12.1 Å². The number of nitrogens with zero attached hydrogens (tertiary/aromatic N) is 1. The fourth-order valence-corrected chi connectivity index (χ4v) is 1.68. The molecule has 1 heterocycles. The van der Waals surface area contributed by atoms with Crippen LogP contribution in [-0.2, 0) is 16.1 Å². The fraction of sp³-hybridized carbons (Fsp3) is 0.250. The molecule has 2 rings (SSSR count). The minimum Gasteiger partial charge on any atom is -0.464 e. The van der Waals surface area contributed by atoms with Crippen molar-refractivity contribution in [2.75, 3.05) is 6.61 Å². The number of rotatable bonds is 3. The molecule has 0 amide bonds. The van der Waals surface area contributed by atoms with E-state index >= 15 is 0 Å². The molecule has 6 heteroatoms. The van der Waals surface area contributed by atoms with E-state index in [0.717, 1.165) is 4.57 Å². The number of fused-ring (bicyclic) bond motifs is 1. The van der Waals surface area contributed by atoms with Gasteiger partial charge in [-0.3, -0.25) is 14.2 Å². The van der Waals surface area contributed by atoms with Crippen molar-refractivity contribution in [1.29, 1.82) is 0 Å². The molecular formula is C12H12N2O4. The lowest BCUT2D eigenvalue weighted by Gasteiger charge is -2.06. The minimum atomic E-state index is -0.508. The van der Waals surface area contributed by atoms with Crippen LogP contribution in [0.2, 0.25) is 0 Å². The standard InChI is InChI=1S/C12H12N2O4/c1-8(15)18-7-6-14-11(16)9-4-2-3-5-10(9)13-12(14)17/h2-5H,6-7H2,1H3,(H,13,17). The first-order chi connectivity index (χ1) is 8.59. The van der Waals surface area contributed by atoms with E-state index in [1.807, 2.05) is 0 Å². The molecule has 0 aliphatic heterocycles. The van der Waals surface area contributed by atoms with Crippen molar-refractivity contribution in [2.45, 2.75) is 13.5 Å². The van der Waals surface area contributed by atoms with Crippen LogP contribution in [0.1, 0.15) is 6.92 Å². The van der Waals surface area contributed by atoms with Crippen molar-refractivity contribution in [3.8, 4) is 0 Å². The van der Waals surface area contributed by atoms with Crippen molar-refractivity contribution >= 4 is 16.9 Å². The van der Waals surface area contributed by atoms with E-state index in [9.17, 15) is 14.4 Å². The summed E-state index contributed by atoms with van der Waals surface area (Å²) in [6.07, 6.45) is 0. The number of hydrogen-bond acceptors (Lipinski definition) is 4. The molecular weight excluding hydrogens is 236 g/mol. The third kappa shape index (κ3) is 2.32. The number of H-pyrrole nitrogens is 1. The van der Waals surface area contributed by atoms with E-state index in [1.165, 1.54) is 6.92 Å². The Morgan fingerprint density at radius 1 is 1.33 bits per heavy atom. The van der Waals surface area contributed by atoms with Gasteiger partial charge in [-0.05, 0) is 12.1 Å². The van der Waals surface area contributed by atoms with Gasteiger partial charge in [0.05, 0.1) is 17.4 Å². The molecule has 0 atom stereocenters. The highest BCUT2D eigenvalue weighted by Crippen LogP contribution is 2.02. The molecule has 0 aliphatic rings. The van der Waals surface area contributed by atoms with Crippen LogP contribution in [0.4, 0.5) is 0 Å². The fourth-order valence-electron chi connectivity index (χ4n) is 1.68. The van der Waals surface area contributed by atoms with Gasteiger partial charge in [0.25, 0.3) is 5.56 Å². The number of benzene rings is 1. The predicted octanol–water partition coefficient (Wildman–Crippen LogP) is 0.253. The number of aromatic amines is 1. The highest BCUT2D eigenvalue weighted by atomic mass is 16.5. The first-order valence-electron chi connectivity index (χ1n) is 5.45. The van der Waals surface area contributed by atoms with E-state index in [-0.39, 0.29) is 18.7 Å². The van der Waals surface area contributed by atoms with E-state index in [2.05, 4.69) is 4.98 Å². The molecule has 0 bridgehead atoms. The summed E-state index contributed by atoms with van der Waals surface area (Å²) in [6, 6.07) is 6.75. The summed E-state index contributed by atoms with van der Waals surface area (Å²) in [5.41, 5.74) is -0.399. The van der Waals surface area contributed by atoms with Gasteiger partial charge in [0, 0.05) is 6.92 Å². The maximum absolute atomic E-state index is 12.0. The lowest BCUT2D eigenvalue weighted by Crippen LogP contribution is -2.36. The van der Waals surface area contributed by atoms with Crippen LogP contribution in [-0.4, -0.2) is 22.1 Å². The number of nitrogens with one attached hydrogen (secondary N) is 1. The van der Waals surface area contributed by atoms with E-state index in [0.29, 0.717) is 10.9 Å². The second kappa shape index (κ2) is 4.87. The quantitative estimate of drug-likeness (QED) is 0.789. The first kappa shape index (κ1) is 12.1. The van der Waals surface area contributed by atoms with Gasteiger partial charge in [0.2, 0.25) is 0 Å². The van der Waals surface area contributed by atoms with Gasteiger partial charge in [-0.15, -0.1) is 0 Å². The summed E-state index contributed by atoms with van der Waals surface area (Å²) < 4.78 is 5.74. The van der Waals surface area contributed by atoms with Crippen LogP contribution >= 0.6 is 0 Å². The molecule has 0 fully saturated rings. The molecule has 2 aromatic rings. The van der Waals surface area contributed by atoms with Crippen LogP contribution < -0.4 is 11.2 Å². The van der Waals surface area contributed by atoms with Gasteiger partial charge >= 0.3 is 11.7 Å². The normalized spacial score (nSPS) is 10.5. The maximum Gasteiger partial charge on any atom is 0.328 e. The molecule has 0 radical (unpaired) electrons. The van der Waals surface area contributed by atoms with Gasteiger partial charge in [0.1, 0.15) is 6.61 Å². The molecule has 0 unspecified atom stereocenters. The second-order valence-electron chi connectivity index (χ2n) is 3.77.